The highest BCUT2D eigenvalue weighted by molar-refractivity contribution is 9.10. The Kier molecular flexibility index (Phi) is 6.88. The van der Waals surface area contributed by atoms with Crippen molar-refractivity contribution in [2.45, 2.75) is 70.0 Å². The summed E-state index contributed by atoms with van der Waals surface area (Å²) >= 11 is 3.26. The van der Waals surface area contributed by atoms with Crippen LogP contribution in [0.15, 0.2) is 22.7 Å². The van der Waals surface area contributed by atoms with Crippen molar-refractivity contribution < 1.29 is 4.39 Å². The van der Waals surface area contributed by atoms with Gasteiger partial charge in [0.2, 0.25) is 5.95 Å². The molecule has 1 saturated carbocycles. The summed E-state index contributed by atoms with van der Waals surface area (Å²) < 4.78 is 13.9. The molecule has 162 valence electrons. The first-order valence-corrected chi connectivity index (χ1v) is 11.8. The number of aryl methyl sites for hydroxylation is 1. The van der Waals surface area contributed by atoms with Crippen LogP contribution in [0.5, 0.6) is 0 Å². The lowest BCUT2D eigenvalue weighted by molar-refractivity contribution is 0.352. The van der Waals surface area contributed by atoms with E-state index < -0.39 is 0 Å². The van der Waals surface area contributed by atoms with Crippen LogP contribution in [-0.4, -0.2) is 36.1 Å². The summed E-state index contributed by atoms with van der Waals surface area (Å²) in [5.74, 6) is 1.64. The van der Waals surface area contributed by atoms with E-state index in [-0.39, 0.29) is 5.82 Å². The highest BCUT2D eigenvalue weighted by Crippen LogP contribution is 2.29. The summed E-state index contributed by atoms with van der Waals surface area (Å²) in [5.41, 5.74) is 3.66. The molecule has 5 nitrogen and oxygen atoms in total. The van der Waals surface area contributed by atoms with Gasteiger partial charge in [-0.2, -0.15) is 4.98 Å². The van der Waals surface area contributed by atoms with Crippen LogP contribution in [0.1, 0.15) is 55.3 Å². The van der Waals surface area contributed by atoms with E-state index in [1.807, 2.05) is 12.1 Å². The lowest BCUT2D eigenvalue weighted by atomic mass is 9.91. The normalized spacial score (nSPS) is 21.2. The van der Waals surface area contributed by atoms with Gasteiger partial charge in [0, 0.05) is 38.3 Å². The maximum absolute atomic E-state index is 13.4. The van der Waals surface area contributed by atoms with Crippen molar-refractivity contribution in [3.05, 3.63) is 45.3 Å². The Balaban J connectivity index is 1.31. The maximum Gasteiger partial charge on any atom is 0.225 e. The molecule has 2 aliphatic carbocycles. The Morgan fingerprint density at radius 3 is 2.53 bits per heavy atom. The van der Waals surface area contributed by atoms with E-state index in [0.717, 1.165) is 62.4 Å². The molecule has 0 spiro atoms. The highest BCUT2D eigenvalue weighted by Gasteiger charge is 2.24. The molecule has 0 atom stereocenters. The molecule has 2 aliphatic rings. The average Bonchev–Trinajstić information content (AvgIpc) is 2.75. The van der Waals surface area contributed by atoms with Crippen LogP contribution >= 0.6 is 15.9 Å². The van der Waals surface area contributed by atoms with Crippen LogP contribution in [0.2, 0.25) is 0 Å². The monoisotopic (exact) mass is 475 g/mol. The molecule has 0 saturated heterocycles. The van der Waals surface area contributed by atoms with Crippen molar-refractivity contribution in [1.82, 2.24) is 15.3 Å². The SMILES string of the molecule is CN(C)c1nc(N[C@H]2CC[C@@H](NCc3ccc(F)c(Br)c3)CC2)nc2c1CCCC2. The number of rotatable bonds is 6. The van der Waals surface area contributed by atoms with E-state index >= 15 is 0 Å². The molecule has 30 heavy (non-hydrogen) atoms. The standard InChI is InChI=1S/C23H31BrFN5/c1-30(2)22-18-5-3-4-6-21(18)28-23(29-22)27-17-10-8-16(9-11-17)26-14-15-7-12-20(25)19(24)13-15/h7,12-13,16-17,26H,3-6,8-11,14H2,1-2H3,(H,27,28,29)/t16-,17+. The summed E-state index contributed by atoms with van der Waals surface area (Å²) in [4.78, 5) is 11.8. The van der Waals surface area contributed by atoms with Gasteiger partial charge in [0.1, 0.15) is 11.6 Å². The summed E-state index contributed by atoms with van der Waals surface area (Å²) in [6.45, 7) is 0.766. The third-order valence-corrected chi connectivity index (χ3v) is 6.83. The molecule has 1 aromatic carbocycles. The molecule has 0 radical (unpaired) electrons. The second kappa shape index (κ2) is 9.60. The Morgan fingerprint density at radius 2 is 1.80 bits per heavy atom. The van der Waals surface area contributed by atoms with Crippen LogP contribution in [0.4, 0.5) is 16.2 Å². The van der Waals surface area contributed by atoms with Gasteiger partial charge >= 0.3 is 0 Å². The predicted octanol–water partition coefficient (Wildman–Crippen LogP) is 4.84. The molecule has 4 rings (SSSR count). The first kappa shape index (κ1) is 21.5. The fourth-order valence-electron chi connectivity index (χ4n) is 4.54. The smallest absolute Gasteiger partial charge is 0.225 e. The van der Waals surface area contributed by atoms with Gasteiger partial charge in [-0.15, -0.1) is 0 Å². The lowest BCUT2D eigenvalue weighted by Crippen LogP contribution is -2.37. The van der Waals surface area contributed by atoms with Crippen LogP contribution in [0, 0.1) is 5.82 Å². The number of anilines is 2. The number of aromatic nitrogens is 2. The van der Waals surface area contributed by atoms with Gasteiger partial charge in [-0.1, -0.05) is 6.07 Å². The fraction of sp³-hybridized carbons (Fsp3) is 0.565. The zero-order chi connectivity index (χ0) is 21.1. The molecule has 0 aliphatic heterocycles. The summed E-state index contributed by atoms with van der Waals surface area (Å²) in [6.07, 6.45) is 9.03. The average molecular weight is 476 g/mol. The Morgan fingerprint density at radius 1 is 1.07 bits per heavy atom. The van der Waals surface area contributed by atoms with Crippen molar-refractivity contribution in [2.75, 3.05) is 24.3 Å². The van der Waals surface area contributed by atoms with E-state index in [4.69, 9.17) is 9.97 Å². The molecule has 7 heteroatoms. The Bertz CT molecular complexity index is 880. The van der Waals surface area contributed by atoms with Gasteiger partial charge in [0.05, 0.1) is 10.2 Å². The third-order valence-electron chi connectivity index (χ3n) is 6.22. The number of benzene rings is 1. The number of hydrogen-bond donors (Lipinski definition) is 2. The van der Waals surface area contributed by atoms with Crippen molar-refractivity contribution in [3.63, 3.8) is 0 Å². The highest BCUT2D eigenvalue weighted by atomic mass is 79.9. The topological polar surface area (TPSA) is 53.1 Å². The summed E-state index contributed by atoms with van der Waals surface area (Å²) in [5, 5.41) is 7.23. The van der Waals surface area contributed by atoms with Gasteiger partial charge in [-0.05, 0) is 85.0 Å². The summed E-state index contributed by atoms with van der Waals surface area (Å²) in [6, 6.07) is 6.12. The lowest BCUT2D eigenvalue weighted by Gasteiger charge is -2.30. The molecule has 2 N–H and O–H groups in total. The number of nitrogens with zero attached hydrogens (tertiary/aromatic N) is 3. The van der Waals surface area contributed by atoms with Gasteiger partial charge in [0.15, 0.2) is 0 Å². The minimum atomic E-state index is -0.216. The minimum Gasteiger partial charge on any atom is -0.362 e. The Hall–Kier alpha value is -1.73. The minimum absolute atomic E-state index is 0.216. The van der Waals surface area contributed by atoms with Gasteiger partial charge in [0.25, 0.3) is 0 Å². The third kappa shape index (κ3) is 5.11. The molecular formula is C23H31BrFN5. The number of fused-ring (bicyclic) bond motifs is 1. The first-order chi connectivity index (χ1) is 14.5. The zero-order valence-corrected chi connectivity index (χ0v) is 19.4. The van der Waals surface area contributed by atoms with Gasteiger partial charge in [-0.25, -0.2) is 9.37 Å². The van der Waals surface area contributed by atoms with Crippen molar-refractivity contribution in [1.29, 1.82) is 0 Å². The van der Waals surface area contributed by atoms with Crippen LogP contribution in [0.25, 0.3) is 0 Å². The van der Waals surface area contributed by atoms with Gasteiger partial charge in [-0.3, -0.25) is 0 Å². The van der Waals surface area contributed by atoms with Crippen LogP contribution in [-0.2, 0) is 19.4 Å². The van der Waals surface area contributed by atoms with E-state index in [1.165, 1.54) is 30.2 Å². The zero-order valence-electron chi connectivity index (χ0n) is 17.8. The van der Waals surface area contributed by atoms with Crippen LogP contribution < -0.4 is 15.5 Å². The Labute approximate surface area is 187 Å². The van der Waals surface area contributed by atoms with E-state index in [0.29, 0.717) is 16.6 Å². The van der Waals surface area contributed by atoms with Crippen molar-refractivity contribution >= 4 is 27.7 Å². The molecule has 0 bridgehead atoms. The van der Waals surface area contributed by atoms with Gasteiger partial charge < -0.3 is 15.5 Å². The molecule has 2 aromatic rings. The van der Waals surface area contributed by atoms with Crippen molar-refractivity contribution in [2.24, 2.45) is 0 Å². The van der Waals surface area contributed by atoms with Crippen LogP contribution in [0.3, 0.4) is 0 Å². The molecular weight excluding hydrogens is 445 g/mol. The van der Waals surface area contributed by atoms with E-state index in [9.17, 15) is 4.39 Å². The quantitative estimate of drug-likeness (QED) is 0.625. The predicted molar refractivity (Wildman–Crippen MR) is 124 cm³/mol. The number of nitrogens with one attached hydrogen (secondary N) is 2. The molecule has 0 unspecified atom stereocenters. The summed E-state index contributed by atoms with van der Waals surface area (Å²) in [7, 11) is 4.13. The molecule has 1 heterocycles. The van der Waals surface area contributed by atoms with E-state index in [1.54, 1.807) is 0 Å². The second-order valence-corrected chi connectivity index (χ2v) is 9.57. The van der Waals surface area contributed by atoms with Crippen molar-refractivity contribution in [3.8, 4) is 0 Å². The maximum atomic E-state index is 13.4. The molecule has 1 aromatic heterocycles. The first-order valence-electron chi connectivity index (χ1n) is 11.0. The number of hydrogen-bond acceptors (Lipinski definition) is 5. The largest absolute Gasteiger partial charge is 0.362 e. The number of halogens is 2. The molecule has 1 fully saturated rings. The molecule has 0 amide bonds. The second-order valence-electron chi connectivity index (χ2n) is 8.72. The fourth-order valence-corrected chi connectivity index (χ4v) is 4.97. The van der Waals surface area contributed by atoms with E-state index in [2.05, 4.69) is 45.6 Å².